The molecule has 2 aromatic heterocycles. The van der Waals surface area contributed by atoms with Crippen molar-refractivity contribution in [1.82, 2.24) is 19.7 Å². The average Bonchev–Trinajstić information content (AvgIpc) is 2.83. The van der Waals surface area contributed by atoms with Crippen LogP contribution in [-0.2, 0) is 7.05 Å². The first kappa shape index (κ1) is 13.2. The maximum absolute atomic E-state index is 13.6. The Balaban J connectivity index is 2.28. The molecule has 6 heteroatoms. The molecule has 0 aliphatic carbocycles. The summed E-state index contributed by atoms with van der Waals surface area (Å²) in [5.74, 6) is 0.181. The smallest absolute Gasteiger partial charge is 0.248 e. The molecule has 106 valence electrons. The van der Waals surface area contributed by atoms with Crippen molar-refractivity contribution in [2.75, 3.05) is 0 Å². The quantitative estimate of drug-likeness (QED) is 0.785. The Bertz CT molecular complexity index is 866. The summed E-state index contributed by atoms with van der Waals surface area (Å²) in [7, 11) is 1.78. The molecular formula is C15H13FN4O. The number of nitrogens with one attached hydrogen (secondary N) is 1. The molecule has 0 bridgehead atoms. The number of aromatic amines is 1. The molecule has 2 heterocycles. The second-order valence-electron chi connectivity index (χ2n) is 4.87. The predicted molar refractivity (Wildman–Crippen MR) is 77.2 cm³/mol. The second-order valence-corrected chi connectivity index (χ2v) is 4.87. The Morgan fingerprint density at radius 1 is 1.19 bits per heavy atom. The molecule has 0 aliphatic rings. The molecule has 1 N–H and O–H groups in total. The molecule has 0 spiro atoms. The van der Waals surface area contributed by atoms with Crippen LogP contribution in [0.5, 0.6) is 0 Å². The van der Waals surface area contributed by atoms with E-state index in [1.165, 1.54) is 18.2 Å². The van der Waals surface area contributed by atoms with Crippen molar-refractivity contribution in [2.24, 2.45) is 7.05 Å². The lowest BCUT2D eigenvalue weighted by Crippen LogP contribution is -2.06. The zero-order chi connectivity index (χ0) is 15.0. The van der Waals surface area contributed by atoms with Gasteiger partial charge in [0.2, 0.25) is 5.56 Å². The lowest BCUT2D eigenvalue weighted by Gasteiger charge is -2.10. The van der Waals surface area contributed by atoms with E-state index in [0.29, 0.717) is 17.0 Å². The van der Waals surface area contributed by atoms with Gasteiger partial charge in [0.25, 0.3) is 0 Å². The molecule has 0 aliphatic heterocycles. The Morgan fingerprint density at radius 2 is 2.00 bits per heavy atom. The number of halogens is 1. The minimum Gasteiger partial charge on any atom is -0.326 e. The van der Waals surface area contributed by atoms with Gasteiger partial charge in [0.05, 0.1) is 0 Å². The lowest BCUT2D eigenvalue weighted by atomic mass is 9.99. The van der Waals surface area contributed by atoms with Gasteiger partial charge >= 0.3 is 0 Å². The maximum Gasteiger partial charge on any atom is 0.248 e. The van der Waals surface area contributed by atoms with Crippen molar-refractivity contribution < 1.29 is 4.39 Å². The van der Waals surface area contributed by atoms with Crippen molar-refractivity contribution in [3.8, 4) is 22.5 Å². The molecule has 0 saturated heterocycles. The number of hydrogen-bond acceptors (Lipinski definition) is 3. The van der Waals surface area contributed by atoms with Crippen LogP contribution in [0.4, 0.5) is 4.39 Å². The first-order valence-corrected chi connectivity index (χ1v) is 6.40. The molecule has 5 nitrogen and oxygen atoms in total. The van der Waals surface area contributed by atoms with Crippen LogP contribution in [0.1, 0.15) is 5.69 Å². The van der Waals surface area contributed by atoms with E-state index in [1.54, 1.807) is 30.9 Å². The van der Waals surface area contributed by atoms with E-state index in [1.807, 2.05) is 6.07 Å². The molecule has 21 heavy (non-hydrogen) atoms. The third-order valence-electron chi connectivity index (χ3n) is 3.22. The lowest BCUT2D eigenvalue weighted by molar-refractivity contribution is 0.628. The van der Waals surface area contributed by atoms with Gasteiger partial charge in [0.1, 0.15) is 12.1 Å². The van der Waals surface area contributed by atoms with E-state index in [2.05, 4.69) is 15.2 Å². The van der Waals surface area contributed by atoms with Crippen LogP contribution >= 0.6 is 0 Å². The Labute approximate surface area is 120 Å². The van der Waals surface area contributed by atoms with Crippen LogP contribution in [0.15, 0.2) is 41.5 Å². The fourth-order valence-corrected chi connectivity index (χ4v) is 2.32. The Hall–Kier alpha value is -2.76. The van der Waals surface area contributed by atoms with Gasteiger partial charge in [-0.2, -0.15) is 0 Å². The number of rotatable bonds is 2. The fourth-order valence-electron chi connectivity index (χ4n) is 2.32. The first-order chi connectivity index (χ1) is 10.0. The molecule has 3 aromatic rings. The van der Waals surface area contributed by atoms with Crippen molar-refractivity contribution >= 4 is 0 Å². The highest BCUT2D eigenvalue weighted by molar-refractivity contribution is 5.80. The first-order valence-electron chi connectivity index (χ1n) is 6.40. The summed E-state index contributed by atoms with van der Waals surface area (Å²) in [6.07, 6.45) is 1.55. The van der Waals surface area contributed by atoms with E-state index in [4.69, 9.17) is 0 Å². The monoisotopic (exact) mass is 284 g/mol. The minimum absolute atomic E-state index is 0.196. The standard InChI is InChI=1S/C15H13FN4O/c1-9-5-10(6-14(21)18-9)12-4-3-11(16)7-13(12)15-19-17-8-20(15)2/h3-8H,1-2H3,(H,18,21). The Morgan fingerprint density at radius 3 is 2.67 bits per heavy atom. The maximum atomic E-state index is 13.6. The molecule has 0 amide bonds. The van der Waals surface area contributed by atoms with Crippen LogP contribution < -0.4 is 5.56 Å². The molecule has 0 atom stereocenters. The van der Waals surface area contributed by atoms with Crippen molar-refractivity contribution in [2.45, 2.75) is 6.92 Å². The number of H-pyrrole nitrogens is 1. The molecule has 3 rings (SSSR count). The van der Waals surface area contributed by atoms with Gasteiger partial charge in [-0.05, 0) is 36.2 Å². The molecule has 0 fully saturated rings. The number of aryl methyl sites for hydroxylation is 2. The predicted octanol–water partition coefficient (Wildman–Crippen LogP) is 2.28. The fraction of sp³-hybridized carbons (Fsp3) is 0.133. The summed E-state index contributed by atoms with van der Waals surface area (Å²) in [6, 6.07) is 7.74. The topological polar surface area (TPSA) is 63.6 Å². The Kier molecular flexibility index (Phi) is 3.13. The van der Waals surface area contributed by atoms with Crippen LogP contribution in [-0.4, -0.2) is 19.7 Å². The van der Waals surface area contributed by atoms with Crippen LogP contribution in [0.25, 0.3) is 22.5 Å². The van der Waals surface area contributed by atoms with Crippen molar-refractivity contribution in [3.63, 3.8) is 0 Å². The third-order valence-corrected chi connectivity index (χ3v) is 3.22. The van der Waals surface area contributed by atoms with Gasteiger partial charge in [-0.15, -0.1) is 10.2 Å². The molecule has 1 aromatic carbocycles. The largest absolute Gasteiger partial charge is 0.326 e. The molecule has 0 saturated carbocycles. The molecule has 0 radical (unpaired) electrons. The summed E-state index contributed by atoms with van der Waals surface area (Å²) in [6.45, 7) is 1.80. The van der Waals surface area contributed by atoms with Crippen molar-refractivity contribution in [3.05, 3.63) is 58.5 Å². The number of hydrogen-bond donors (Lipinski definition) is 1. The number of aromatic nitrogens is 4. The summed E-state index contributed by atoms with van der Waals surface area (Å²) in [4.78, 5) is 14.3. The summed E-state index contributed by atoms with van der Waals surface area (Å²) in [5.41, 5.74) is 2.60. The summed E-state index contributed by atoms with van der Waals surface area (Å²) in [5, 5.41) is 7.84. The third kappa shape index (κ3) is 2.47. The van der Waals surface area contributed by atoms with E-state index in [0.717, 1.165) is 11.3 Å². The number of nitrogens with zero attached hydrogens (tertiary/aromatic N) is 3. The van der Waals surface area contributed by atoms with Crippen LogP contribution in [0, 0.1) is 12.7 Å². The molecule has 0 unspecified atom stereocenters. The normalized spacial score (nSPS) is 10.8. The van der Waals surface area contributed by atoms with Crippen LogP contribution in [0.2, 0.25) is 0 Å². The number of pyridine rings is 1. The van der Waals surface area contributed by atoms with Gasteiger partial charge in [-0.1, -0.05) is 6.07 Å². The van der Waals surface area contributed by atoms with Gasteiger partial charge < -0.3 is 9.55 Å². The zero-order valence-electron chi connectivity index (χ0n) is 11.6. The van der Waals surface area contributed by atoms with Gasteiger partial charge in [-0.3, -0.25) is 4.79 Å². The van der Waals surface area contributed by atoms with E-state index in [9.17, 15) is 9.18 Å². The van der Waals surface area contributed by atoms with Gasteiger partial charge in [-0.25, -0.2) is 4.39 Å². The summed E-state index contributed by atoms with van der Waals surface area (Å²) >= 11 is 0. The highest BCUT2D eigenvalue weighted by Crippen LogP contribution is 2.30. The number of benzene rings is 1. The van der Waals surface area contributed by atoms with Crippen LogP contribution in [0.3, 0.4) is 0 Å². The second kappa shape index (κ2) is 4.97. The zero-order valence-corrected chi connectivity index (χ0v) is 11.6. The van der Waals surface area contributed by atoms with Crippen molar-refractivity contribution in [1.29, 1.82) is 0 Å². The highest BCUT2D eigenvalue weighted by atomic mass is 19.1. The average molecular weight is 284 g/mol. The molecular weight excluding hydrogens is 271 g/mol. The van der Waals surface area contributed by atoms with E-state index < -0.39 is 0 Å². The van der Waals surface area contributed by atoms with E-state index >= 15 is 0 Å². The SMILES string of the molecule is Cc1cc(-c2ccc(F)cc2-c2nncn2C)cc(=O)[nH]1. The summed E-state index contributed by atoms with van der Waals surface area (Å²) < 4.78 is 15.3. The van der Waals surface area contributed by atoms with E-state index in [-0.39, 0.29) is 11.4 Å². The van der Waals surface area contributed by atoms with Gasteiger partial charge in [0, 0.05) is 24.4 Å². The van der Waals surface area contributed by atoms with Gasteiger partial charge in [0.15, 0.2) is 5.82 Å². The minimum atomic E-state index is -0.363. The highest BCUT2D eigenvalue weighted by Gasteiger charge is 2.14.